The Hall–Kier alpha value is -1.16. The molecule has 3 rings (SSSR count). The zero-order valence-corrected chi connectivity index (χ0v) is 13.4. The first-order valence-electron chi connectivity index (χ1n) is 7.27. The molecular weight excluding hydrogens is 302 g/mol. The number of benzene rings is 1. The maximum Gasteiger partial charge on any atom is 0.164 e. The lowest BCUT2D eigenvalue weighted by Gasteiger charge is -2.20. The molecule has 0 aliphatic heterocycles. The van der Waals surface area contributed by atoms with Crippen LogP contribution in [0.25, 0.3) is 0 Å². The van der Waals surface area contributed by atoms with Crippen molar-refractivity contribution >= 4 is 28.7 Å². The third-order valence-electron chi connectivity index (χ3n) is 3.77. The van der Waals surface area contributed by atoms with E-state index in [2.05, 4.69) is 22.4 Å². The van der Waals surface area contributed by atoms with Gasteiger partial charge in [-0.2, -0.15) is 0 Å². The topological polar surface area (TPSA) is 20.3 Å². The van der Waals surface area contributed by atoms with Gasteiger partial charge in [0.1, 0.15) is 0 Å². The van der Waals surface area contributed by atoms with E-state index in [1.54, 1.807) is 23.5 Å². The number of rotatable bonds is 7. The van der Waals surface area contributed by atoms with Gasteiger partial charge in [-0.15, -0.1) is 11.3 Å². The molecule has 110 valence electrons. The SMILES string of the molecule is O=C(CCN(Cc1cccs1)C1CC1)c1cccc(Cl)c1. The molecule has 1 aromatic carbocycles. The van der Waals surface area contributed by atoms with Crippen LogP contribution in [0.4, 0.5) is 0 Å². The highest BCUT2D eigenvalue weighted by molar-refractivity contribution is 7.09. The van der Waals surface area contributed by atoms with Crippen molar-refractivity contribution in [1.82, 2.24) is 4.90 Å². The van der Waals surface area contributed by atoms with E-state index in [-0.39, 0.29) is 5.78 Å². The van der Waals surface area contributed by atoms with E-state index in [4.69, 9.17) is 11.6 Å². The van der Waals surface area contributed by atoms with Gasteiger partial charge in [-0.05, 0) is 36.4 Å². The van der Waals surface area contributed by atoms with Crippen molar-refractivity contribution in [3.63, 3.8) is 0 Å². The van der Waals surface area contributed by atoms with Gasteiger partial charge in [-0.25, -0.2) is 0 Å². The van der Waals surface area contributed by atoms with Gasteiger partial charge in [-0.3, -0.25) is 9.69 Å². The van der Waals surface area contributed by atoms with Gasteiger partial charge in [0.15, 0.2) is 5.78 Å². The van der Waals surface area contributed by atoms with Gasteiger partial charge in [0, 0.05) is 41.0 Å². The lowest BCUT2D eigenvalue weighted by Crippen LogP contribution is -2.27. The summed E-state index contributed by atoms with van der Waals surface area (Å²) in [5.74, 6) is 0.175. The number of halogens is 1. The smallest absolute Gasteiger partial charge is 0.164 e. The van der Waals surface area contributed by atoms with Crippen LogP contribution in [0, 0.1) is 0 Å². The molecular formula is C17H18ClNOS. The Kier molecular flexibility index (Phi) is 4.73. The maximum absolute atomic E-state index is 12.3. The normalized spacial score (nSPS) is 14.6. The second-order valence-corrected chi connectivity index (χ2v) is 6.93. The summed E-state index contributed by atoms with van der Waals surface area (Å²) in [6.07, 6.45) is 3.08. The molecule has 1 saturated carbocycles. The molecule has 1 aliphatic carbocycles. The van der Waals surface area contributed by atoms with Gasteiger partial charge >= 0.3 is 0 Å². The molecule has 0 spiro atoms. The summed E-state index contributed by atoms with van der Waals surface area (Å²) in [7, 11) is 0. The molecule has 2 nitrogen and oxygen atoms in total. The van der Waals surface area contributed by atoms with Crippen molar-refractivity contribution in [2.75, 3.05) is 6.54 Å². The Bertz CT molecular complexity index is 607. The summed E-state index contributed by atoms with van der Waals surface area (Å²) in [4.78, 5) is 16.1. The first kappa shape index (κ1) is 14.8. The van der Waals surface area contributed by atoms with E-state index in [1.165, 1.54) is 17.7 Å². The molecule has 2 aromatic rings. The van der Waals surface area contributed by atoms with Crippen molar-refractivity contribution in [2.45, 2.75) is 31.8 Å². The number of Topliss-reactive ketones (excluding diaryl/α,β-unsaturated/α-hetero) is 1. The number of nitrogens with zero attached hydrogens (tertiary/aromatic N) is 1. The molecule has 1 aliphatic rings. The van der Waals surface area contributed by atoms with Crippen LogP contribution in [-0.4, -0.2) is 23.3 Å². The highest BCUT2D eigenvalue weighted by Gasteiger charge is 2.29. The molecule has 21 heavy (non-hydrogen) atoms. The minimum Gasteiger partial charge on any atom is -0.295 e. The monoisotopic (exact) mass is 319 g/mol. The molecule has 1 heterocycles. The van der Waals surface area contributed by atoms with Crippen LogP contribution in [0.15, 0.2) is 41.8 Å². The maximum atomic E-state index is 12.3. The molecule has 1 aromatic heterocycles. The van der Waals surface area contributed by atoms with Crippen LogP contribution in [0.2, 0.25) is 5.02 Å². The Morgan fingerprint density at radius 3 is 2.81 bits per heavy atom. The molecule has 0 amide bonds. The third-order valence-corrected chi connectivity index (χ3v) is 4.87. The van der Waals surface area contributed by atoms with Crippen molar-refractivity contribution in [3.8, 4) is 0 Å². The Labute approximate surface area is 134 Å². The Morgan fingerprint density at radius 1 is 1.29 bits per heavy atom. The summed E-state index contributed by atoms with van der Waals surface area (Å²) in [6, 6.07) is 12.1. The fraction of sp³-hybridized carbons (Fsp3) is 0.353. The minimum atomic E-state index is 0.175. The summed E-state index contributed by atoms with van der Waals surface area (Å²) in [5, 5.41) is 2.73. The van der Waals surface area contributed by atoms with Crippen molar-refractivity contribution in [2.24, 2.45) is 0 Å². The van der Waals surface area contributed by atoms with Crippen molar-refractivity contribution in [3.05, 3.63) is 57.2 Å². The van der Waals surface area contributed by atoms with Crippen LogP contribution in [0.3, 0.4) is 0 Å². The van der Waals surface area contributed by atoms with Gasteiger partial charge in [0.25, 0.3) is 0 Å². The first-order valence-corrected chi connectivity index (χ1v) is 8.53. The highest BCUT2D eigenvalue weighted by atomic mass is 35.5. The van der Waals surface area contributed by atoms with E-state index < -0.39 is 0 Å². The quantitative estimate of drug-likeness (QED) is 0.693. The summed E-state index contributed by atoms with van der Waals surface area (Å²) in [5.41, 5.74) is 0.717. The lowest BCUT2D eigenvalue weighted by molar-refractivity contribution is 0.0960. The molecule has 1 fully saturated rings. The average Bonchev–Trinajstić information content (AvgIpc) is 3.20. The summed E-state index contributed by atoms with van der Waals surface area (Å²) >= 11 is 7.73. The predicted octanol–water partition coefficient (Wildman–Crippen LogP) is 4.64. The molecule has 0 N–H and O–H groups in total. The van der Waals surface area contributed by atoms with E-state index in [9.17, 15) is 4.79 Å². The number of thiophene rings is 1. The molecule has 4 heteroatoms. The summed E-state index contributed by atoms with van der Waals surface area (Å²) < 4.78 is 0. The van der Waals surface area contributed by atoms with Crippen LogP contribution >= 0.6 is 22.9 Å². The Morgan fingerprint density at radius 2 is 2.14 bits per heavy atom. The number of hydrogen-bond donors (Lipinski definition) is 0. The number of carbonyl (C=O) groups excluding carboxylic acids is 1. The van der Waals surface area contributed by atoms with Crippen molar-refractivity contribution in [1.29, 1.82) is 0 Å². The predicted molar refractivity (Wildman–Crippen MR) is 88.2 cm³/mol. The number of carbonyl (C=O) groups is 1. The average molecular weight is 320 g/mol. The standard InChI is InChI=1S/C17H18ClNOS/c18-14-4-1-3-13(11-14)17(20)8-9-19(15-6-7-15)12-16-5-2-10-21-16/h1-5,10-11,15H,6-9,12H2. The van der Waals surface area contributed by atoms with Crippen LogP contribution in [-0.2, 0) is 6.54 Å². The fourth-order valence-corrected chi connectivity index (χ4v) is 3.40. The second-order valence-electron chi connectivity index (χ2n) is 5.46. The minimum absolute atomic E-state index is 0.175. The van der Waals surface area contributed by atoms with Gasteiger partial charge in [0.2, 0.25) is 0 Å². The van der Waals surface area contributed by atoms with Gasteiger partial charge in [-0.1, -0.05) is 29.8 Å². The highest BCUT2D eigenvalue weighted by Crippen LogP contribution is 2.29. The van der Waals surface area contributed by atoms with E-state index in [0.29, 0.717) is 17.5 Å². The first-order chi connectivity index (χ1) is 10.2. The fourth-order valence-electron chi connectivity index (χ4n) is 2.48. The zero-order chi connectivity index (χ0) is 14.7. The third kappa shape index (κ3) is 4.16. The largest absolute Gasteiger partial charge is 0.295 e. The van der Waals surface area contributed by atoms with Crippen LogP contribution in [0.1, 0.15) is 34.5 Å². The molecule has 0 saturated heterocycles. The van der Waals surface area contributed by atoms with E-state index in [1.807, 2.05) is 12.1 Å². The van der Waals surface area contributed by atoms with E-state index in [0.717, 1.165) is 18.7 Å². The van der Waals surface area contributed by atoms with Crippen molar-refractivity contribution < 1.29 is 4.79 Å². The molecule has 0 bridgehead atoms. The molecule has 0 atom stereocenters. The molecule has 0 unspecified atom stereocenters. The zero-order valence-electron chi connectivity index (χ0n) is 11.8. The van der Waals surface area contributed by atoms with Gasteiger partial charge in [0.05, 0.1) is 0 Å². The molecule has 0 radical (unpaired) electrons. The number of ketones is 1. The lowest BCUT2D eigenvalue weighted by atomic mass is 10.1. The van der Waals surface area contributed by atoms with Gasteiger partial charge < -0.3 is 0 Å². The number of hydrogen-bond acceptors (Lipinski definition) is 3. The Balaban J connectivity index is 1.58. The van der Waals surface area contributed by atoms with Crippen LogP contribution < -0.4 is 0 Å². The second kappa shape index (κ2) is 6.73. The van der Waals surface area contributed by atoms with E-state index >= 15 is 0 Å². The summed E-state index contributed by atoms with van der Waals surface area (Å²) in [6.45, 7) is 1.79. The van der Waals surface area contributed by atoms with Crippen LogP contribution in [0.5, 0.6) is 0 Å².